The summed E-state index contributed by atoms with van der Waals surface area (Å²) in [5.74, 6) is -0.530. The van der Waals surface area contributed by atoms with Gasteiger partial charge in [-0.2, -0.15) is 0 Å². The number of rotatable bonds is 20. The van der Waals surface area contributed by atoms with Crippen molar-refractivity contribution < 1.29 is 32.8 Å². The third-order valence-electron chi connectivity index (χ3n) is 3.81. The van der Waals surface area contributed by atoms with Gasteiger partial charge in [-0.1, -0.05) is 55.5 Å². The molecule has 0 aromatic rings. The van der Waals surface area contributed by atoms with Crippen molar-refractivity contribution in [3.8, 4) is 0 Å². The van der Waals surface area contributed by atoms with Crippen molar-refractivity contribution in [1.82, 2.24) is 0 Å². The lowest BCUT2D eigenvalue weighted by Crippen LogP contribution is -2.27. The van der Waals surface area contributed by atoms with E-state index in [4.69, 9.17) is 19.7 Å². The summed E-state index contributed by atoms with van der Waals surface area (Å²) in [6, 6.07) is 0. The SMILES string of the molecule is CC/C=C\C/C=C\C/C=C\C/C=C\CCCOCC(COP(=O)(O)OCCN)OC(C)=O. The van der Waals surface area contributed by atoms with Crippen molar-refractivity contribution in [3.63, 3.8) is 0 Å². The predicted octanol–water partition coefficient (Wildman–Crippen LogP) is 4.61. The van der Waals surface area contributed by atoms with Gasteiger partial charge in [0.25, 0.3) is 0 Å². The van der Waals surface area contributed by atoms with Crippen molar-refractivity contribution in [1.29, 1.82) is 0 Å². The van der Waals surface area contributed by atoms with Gasteiger partial charge in [-0.25, -0.2) is 4.57 Å². The fraction of sp³-hybridized carbons (Fsp3) is 0.609. The molecule has 0 saturated heterocycles. The minimum atomic E-state index is -4.23. The number of carbonyl (C=O) groups excluding carboxylic acids is 1. The molecule has 184 valence electrons. The lowest BCUT2D eigenvalue weighted by atomic mass is 10.2. The Morgan fingerprint density at radius 2 is 1.53 bits per heavy atom. The second-order valence-electron chi connectivity index (χ2n) is 6.84. The highest BCUT2D eigenvalue weighted by atomic mass is 31.2. The van der Waals surface area contributed by atoms with Crippen LogP contribution in [0.15, 0.2) is 48.6 Å². The first-order valence-electron chi connectivity index (χ1n) is 11.1. The first-order valence-corrected chi connectivity index (χ1v) is 12.6. The Balaban J connectivity index is 3.92. The highest BCUT2D eigenvalue weighted by Crippen LogP contribution is 2.42. The van der Waals surface area contributed by atoms with Crippen LogP contribution < -0.4 is 5.73 Å². The number of ether oxygens (including phenoxy) is 2. The average molecular weight is 474 g/mol. The molecule has 0 amide bonds. The van der Waals surface area contributed by atoms with Crippen molar-refractivity contribution in [2.45, 2.75) is 58.5 Å². The lowest BCUT2D eigenvalue weighted by Gasteiger charge is -2.19. The zero-order valence-electron chi connectivity index (χ0n) is 19.4. The average Bonchev–Trinajstić information content (AvgIpc) is 2.75. The second kappa shape index (κ2) is 21.3. The zero-order valence-corrected chi connectivity index (χ0v) is 20.3. The predicted molar refractivity (Wildman–Crippen MR) is 127 cm³/mol. The van der Waals surface area contributed by atoms with Crippen LogP contribution in [-0.4, -0.2) is 49.9 Å². The van der Waals surface area contributed by atoms with Crippen LogP contribution in [0.4, 0.5) is 0 Å². The van der Waals surface area contributed by atoms with Gasteiger partial charge in [0, 0.05) is 20.1 Å². The van der Waals surface area contributed by atoms with Gasteiger partial charge in [-0.05, 0) is 38.5 Å². The molecule has 32 heavy (non-hydrogen) atoms. The quantitative estimate of drug-likeness (QED) is 0.114. The number of unbranched alkanes of at least 4 members (excludes halogenated alkanes) is 1. The summed E-state index contributed by atoms with van der Waals surface area (Å²) >= 11 is 0. The molecule has 3 N–H and O–H groups in total. The maximum absolute atomic E-state index is 11.6. The molecule has 0 saturated carbocycles. The van der Waals surface area contributed by atoms with E-state index in [0.29, 0.717) is 6.61 Å². The molecule has 0 bridgehead atoms. The topological polar surface area (TPSA) is 117 Å². The van der Waals surface area contributed by atoms with E-state index in [1.165, 1.54) is 6.92 Å². The molecule has 0 rings (SSSR count). The van der Waals surface area contributed by atoms with Gasteiger partial charge in [0.2, 0.25) is 0 Å². The van der Waals surface area contributed by atoms with E-state index in [2.05, 4.69) is 60.1 Å². The van der Waals surface area contributed by atoms with Crippen LogP contribution in [0.5, 0.6) is 0 Å². The van der Waals surface area contributed by atoms with Crippen LogP contribution >= 0.6 is 7.82 Å². The van der Waals surface area contributed by atoms with Crippen LogP contribution in [0, 0.1) is 0 Å². The molecular formula is C23H40NO7P. The number of hydrogen-bond donors (Lipinski definition) is 2. The van der Waals surface area contributed by atoms with Crippen LogP contribution in [0.3, 0.4) is 0 Å². The number of esters is 1. The Labute approximate surface area is 192 Å². The van der Waals surface area contributed by atoms with Gasteiger partial charge in [-0.3, -0.25) is 13.8 Å². The van der Waals surface area contributed by atoms with E-state index in [-0.39, 0.29) is 26.4 Å². The third kappa shape index (κ3) is 21.7. The van der Waals surface area contributed by atoms with E-state index in [1.807, 2.05) is 0 Å². The Morgan fingerprint density at radius 1 is 0.938 bits per heavy atom. The van der Waals surface area contributed by atoms with Crippen LogP contribution in [0.2, 0.25) is 0 Å². The molecule has 0 aromatic carbocycles. The molecule has 0 radical (unpaired) electrons. The van der Waals surface area contributed by atoms with E-state index < -0.39 is 19.9 Å². The first kappa shape index (κ1) is 30.5. The molecule has 9 heteroatoms. The van der Waals surface area contributed by atoms with Crippen LogP contribution in [0.25, 0.3) is 0 Å². The summed E-state index contributed by atoms with van der Waals surface area (Å²) in [5.41, 5.74) is 5.22. The largest absolute Gasteiger partial charge is 0.472 e. The van der Waals surface area contributed by atoms with Crippen LogP contribution in [-0.2, 0) is 27.9 Å². The van der Waals surface area contributed by atoms with E-state index in [0.717, 1.165) is 38.5 Å². The normalized spacial score (nSPS) is 15.2. The van der Waals surface area contributed by atoms with Gasteiger partial charge in [-0.15, -0.1) is 0 Å². The number of hydrogen-bond acceptors (Lipinski definition) is 7. The number of allylic oxidation sites excluding steroid dienone is 8. The summed E-state index contributed by atoms with van der Waals surface area (Å²) in [6.45, 7) is 3.57. The monoisotopic (exact) mass is 473 g/mol. The fourth-order valence-electron chi connectivity index (χ4n) is 2.35. The van der Waals surface area contributed by atoms with Crippen molar-refractivity contribution in [2.75, 3.05) is 33.0 Å². The highest BCUT2D eigenvalue weighted by Gasteiger charge is 2.24. The zero-order chi connectivity index (χ0) is 23.9. The second-order valence-corrected chi connectivity index (χ2v) is 8.29. The minimum absolute atomic E-state index is 0.0602. The molecule has 2 atom stereocenters. The maximum Gasteiger partial charge on any atom is 0.472 e. The fourth-order valence-corrected chi connectivity index (χ4v) is 3.11. The molecule has 0 aliphatic rings. The molecule has 0 spiro atoms. The molecule has 0 aromatic heterocycles. The van der Waals surface area contributed by atoms with Gasteiger partial charge in [0.05, 0.1) is 19.8 Å². The summed E-state index contributed by atoms with van der Waals surface area (Å²) in [6.07, 6.45) is 21.9. The molecule has 2 unspecified atom stereocenters. The highest BCUT2D eigenvalue weighted by molar-refractivity contribution is 7.47. The molecule has 8 nitrogen and oxygen atoms in total. The van der Waals surface area contributed by atoms with Crippen LogP contribution in [0.1, 0.15) is 52.4 Å². The number of phosphoric ester groups is 1. The molecular weight excluding hydrogens is 433 g/mol. The van der Waals surface area contributed by atoms with Gasteiger partial charge < -0.3 is 20.1 Å². The summed E-state index contributed by atoms with van der Waals surface area (Å²) in [5, 5.41) is 0. The number of carbonyl (C=O) groups is 1. The Morgan fingerprint density at radius 3 is 2.09 bits per heavy atom. The van der Waals surface area contributed by atoms with Gasteiger partial charge >= 0.3 is 13.8 Å². The number of nitrogens with two attached hydrogens (primary N) is 1. The maximum atomic E-state index is 11.6. The van der Waals surface area contributed by atoms with Crippen molar-refractivity contribution in [3.05, 3.63) is 48.6 Å². The standard InChI is InChI=1S/C23H40NO7P/c1-3-4-5-6-7-8-9-10-11-12-13-14-15-16-18-28-20-23(31-22(2)25)21-30-32(26,27)29-19-17-24/h4-5,7-8,10-11,13-14,23H,3,6,9,12,15-21,24H2,1-2H3,(H,26,27)/b5-4-,8-7-,11-10-,14-13-. The summed E-state index contributed by atoms with van der Waals surface area (Å²) in [7, 11) is -4.23. The molecule has 0 fully saturated rings. The Hall–Kier alpha value is -1.54. The minimum Gasteiger partial charge on any atom is -0.458 e. The van der Waals surface area contributed by atoms with E-state index >= 15 is 0 Å². The molecule has 0 aliphatic carbocycles. The Bertz CT molecular complexity index is 632. The van der Waals surface area contributed by atoms with Crippen molar-refractivity contribution >= 4 is 13.8 Å². The first-order chi connectivity index (χ1) is 15.4. The van der Waals surface area contributed by atoms with Gasteiger partial charge in [0.1, 0.15) is 6.10 Å². The Kier molecular flexibility index (Phi) is 20.3. The van der Waals surface area contributed by atoms with Crippen molar-refractivity contribution in [2.24, 2.45) is 5.73 Å². The lowest BCUT2D eigenvalue weighted by molar-refractivity contribution is -0.151. The van der Waals surface area contributed by atoms with E-state index in [9.17, 15) is 14.3 Å². The molecule has 0 aliphatic heterocycles. The summed E-state index contributed by atoms with van der Waals surface area (Å²) < 4.78 is 31.6. The smallest absolute Gasteiger partial charge is 0.458 e. The summed E-state index contributed by atoms with van der Waals surface area (Å²) in [4.78, 5) is 20.7. The molecule has 0 heterocycles. The number of phosphoric acid groups is 1. The van der Waals surface area contributed by atoms with Gasteiger partial charge in [0.15, 0.2) is 0 Å². The van der Waals surface area contributed by atoms with E-state index in [1.54, 1.807) is 0 Å². The third-order valence-corrected chi connectivity index (χ3v) is 4.79.